The molecule has 342 valence electrons. The van der Waals surface area contributed by atoms with Crippen LogP contribution in [-0.2, 0) is 28.5 Å². The minimum Gasteiger partial charge on any atom is -0.497 e. The molecule has 1 aliphatic rings. The van der Waals surface area contributed by atoms with Crippen LogP contribution in [0.3, 0.4) is 0 Å². The second-order valence-corrected chi connectivity index (χ2v) is 24.2. The van der Waals surface area contributed by atoms with E-state index in [0.29, 0.717) is 16.9 Å². The quantitative estimate of drug-likeness (QED) is 0.0142. The van der Waals surface area contributed by atoms with E-state index in [0.717, 1.165) is 22.2 Å². The highest BCUT2D eigenvalue weighted by Crippen LogP contribution is 2.53. The van der Waals surface area contributed by atoms with E-state index >= 15 is 0 Å². The van der Waals surface area contributed by atoms with Crippen molar-refractivity contribution in [1.82, 2.24) is 9.24 Å². The number of nitrogens with zero attached hydrogens (tertiary/aromatic N) is 4. The molecule has 0 saturated carbocycles. The lowest BCUT2D eigenvalue weighted by Crippen LogP contribution is -2.50. The van der Waals surface area contributed by atoms with Crippen molar-refractivity contribution in [2.24, 2.45) is 0 Å². The lowest BCUT2D eigenvalue weighted by atomic mass is 9.80. The molecule has 1 fully saturated rings. The Morgan fingerprint density at radius 2 is 1.44 bits per heavy atom. The smallest absolute Gasteiger partial charge is 0.270 e. The first-order valence-electron chi connectivity index (χ1n) is 21.7. The molecule has 13 nitrogen and oxygen atoms in total. The summed E-state index contributed by atoms with van der Waals surface area (Å²) in [5, 5.41) is 12.4. The summed E-state index contributed by atoms with van der Waals surface area (Å²) in [6.07, 6.45) is -1.04. The Balaban J connectivity index is 1.56. The molecule has 6 rings (SSSR count). The van der Waals surface area contributed by atoms with E-state index in [1.165, 1.54) is 6.07 Å². The van der Waals surface area contributed by atoms with Crippen LogP contribution >= 0.6 is 8.53 Å². The van der Waals surface area contributed by atoms with Crippen LogP contribution in [-0.4, -0.2) is 86.9 Å². The molecular formula is C49H63N4O9PSi. The number of rotatable bonds is 20. The zero-order valence-corrected chi connectivity index (χ0v) is 40.8. The Morgan fingerprint density at radius 1 is 0.859 bits per heavy atom. The summed E-state index contributed by atoms with van der Waals surface area (Å²) in [7, 11) is -1.08. The van der Waals surface area contributed by atoms with E-state index in [4.69, 9.17) is 39.0 Å². The summed E-state index contributed by atoms with van der Waals surface area (Å²) in [5.41, 5.74) is 2.19. The molecule has 0 bridgehead atoms. The Labute approximate surface area is 380 Å². The van der Waals surface area contributed by atoms with Gasteiger partial charge in [-0.25, -0.2) is 11.2 Å². The van der Waals surface area contributed by atoms with Gasteiger partial charge in [0.2, 0.25) is 6.54 Å². The van der Waals surface area contributed by atoms with Crippen molar-refractivity contribution in [3.8, 4) is 11.5 Å². The molecule has 4 aromatic carbocycles. The number of methoxy groups -OCH3 is 2. The predicted molar refractivity (Wildman–Crippen MR) is 254 cm³/mol. The maximum Gasteiger partial charge on any atom is 0.270 e. The van der Waals surface area contributed by atoms with Crippen LogP contribution in [0.1, 0.15) is 71.4 Å². The molecule has 0 spiro atoms. The molecule has 1 aliphatic heterocycles. The fourth-order valence-corrected chi connectivity index (χ4v) is 11.0. The number of hydrogen-bond donors (Lipinski definition) is 0. The third-order valence-corrected chi connectivity index (χ3v) is 18.8. The van der Waals surface area contributed by atoms with Crippen LogP contribution in [0.25, 0.3) is 15.7 Å². The number of fused-ring (bicyclic) bond motifs is 1. The maximum atomic E-state index is 11.9. The van der Waals surface area contributed by atoms with Gasteiger partial charge in [-0.1, -0.05) is 75.4 Å². The number of non-ortho nitro benzene ring substituents is 1. The van der Waals surface area contributed by atoms with E-state index in [2.05, 4.69) is 83.2 Å². The SMILES string of the molecule is [C-]#[N+]CCOP(O[C@@H]1C(O[Si](C)(C)C(C)(C)C)[C@H](n2ccc3cc([N+](=O)[O-])ccc32)O[C@@H]1COC(c1ccccc1)(c1ccc(OC)cc1)c1ccc(OC)cc1)N(C(C)C)C(C)C. The Morgan fingerprint density at radius 3 is 1.95 bits per heavy atom. The minimum atomic E-state index is -2.59. The highest BCUT2D eigenvalue weighted by Gasteiger charge is 2.54. The predicted octanol–water partition coefficient (Wildman–Crippen LogP) is 11.5. The average molecular weight is 911 g/mol. The summed E-state index contributed by atoms with van der Waals surface area (Å²) >= 11 is 0. The van der Waals surface area contributed by atoms with Gasteiger partial charge in [0.05, 0.1) is 31.3 Å². The molecule has 5 atom stereocenters. The number of ether oxygens (including phenoxy) is 4. The standard InChI is InChI=1S/C49H63N4O9PSi/c1-34(2)52(35(3)4)63(59-31-29-50-8)61-45-44(60-47(46(45)62-64(11,12)48(5,6)7)51-30-28-36-32-40(53(54)55)22-27-43(36)51)33-58-49(37-16-14-13-15-17-37,38-18-23-41(56-9)24-19-38)39-20-25-42(57-10)26-21-39/h13-28,30,32,34-35,44-47H,29,31,33H2,1-7,9-12H3/t44-,45+,46?,47-,63?/m1/s1. The van der Waals surface area contributed by atoms with Gasteiger partial charge < -0.3 is 41.8 Å². The molecule has 5 aromatic rings. The van der Waals surface area contributed by atoms with Gasteiger partial charge in [-0.2, -0.15) is 0 Å². The number of benzene rings is 4. The molecule has 2 heterocycles. The Kier molecular flexibility index (Phi) is 15.7. The van der Waals surface area contributed by atoms with E-state index in [9.17, 15) is 10.1 Å². The van der Waals surface area contributed by atoms with Gasteiger partial charge in [-0.3, -0.25) is 10.1 Å². The Hall–Kier alpha value is -4.68. The highest BCUT2D eigenvalue weighted by atomic mass is 31.2. The van der Waals surface area contributed by atoms with Crippen LogP contribution in [0, 0.1) is 16.7 Å². The van der Waals surface area contributed by atoms with Gasteiger partial charge >= 0.3 is 0 Å². The average Bonchev–Trinajstić information content (AvgIpc) is 3.83. The number of aromatic nitrogens is 1. The Bertz CT molecular complexity index is 2290. The molecule has 15 heteroatoms. The largest absolute Gasteiger partial charge is 0.497 e. The second kappa shape index (κ2) is 20.7. The van der Waals surface area contributed by atoms with E-state index in [1.807, 2.05) is 83.6 Å². The van der Waals surface area contributed by atoms with Crippen molar-refractivity contribution in [1.29, 1.82) is 0 Å². The molecule has 64 heavy (non-hydrogen) atoms. The van der Waals surface area contributed by atoms with Gasteiger partial charge in [0.15, 0.2) is 14.5 Å². The number of hydrogen-bond acceptors (Lipinski definition) is 10. The lowest BCUT2D eigenvalue weighted by molar-refractivity contribution is -0.384. The summed E-state index contributed by atoms with van der Waals surface area (Å²) in [6, 6.07) is 32.7. The number of nitro benzene ring substituents is 1. The lowest BCUT2D eigenvalue weighted by Gasteiger charge is -2.42. The molecule has 1 saturated heterocycles. The summed E-state index contributed by atoms with van der Waals surface area (Å²) in [4.78, 5) is 15.1. The van der Waals surface area contributed by atoms with E-state index in [-0.39, 0.29) is 47.5 Å². The summed E-state index contributed by atoms with van der Waals surface area (Å²) in [5.74, 6) is 1.41. The zero-order valence-electron chi connectivity index (χ0n) is 38.9. The molecule has 0 radical (unpaired) electrons. The van der Waals surface area contributed by atoms with Gasteiger partial charge in [0.1, 0.15) is 42.0 Å². The van der Waals surface area contributed by atoms with Crippen LogP contribution in [0.15, 0.2) is 109 Å². The minimum absolute atomic E-state index is 0.00173. The van der Waals surface area contributed by atoms with Gasteiger partial charge in [-0.15, -0.1) is 0 Å². The van der Waals surface area contributed by atoms with Crippen LogP contribution in [0.5, 0.6) is 11.5 Å². The third kappa shape index (κ3) is 10.4. The van der Waals surface area contributed by atoms with Gasteiger partial charge in [0, 0.05) is 35.8 Å². The zero-order chi connectivity index (χ0) is 46.4. The molecule has 1 aromatic heterocycles. The van der Waals surface area contributed by atoms with Crippen LogP contribution in [0.4, 0.5) is 5.69 Å². The maximum absolute atomic E-state index is 11.9. The molecule has 0 N–H and O–H groups in total. The van der Waals surface area contributed by atoms with Crippen LogP contribution in [0.2, 0.25) is 18.1 Å². The molecule has 0 amide bonds. The normalized spacial score (nSPS) is 18.8. The van der Waals surface area contributed by atoms with Crippen molar-refractivity contribution < 1.29 is 37.3 Å². The molecular weight excluding hydrogens is 848 g/mol. The van der Waals surface area contributed by atoms with E-state index in [1.54, 1.807) is 26.4 Å². The van der Waals surface area contributed by atoms with Crippen molar-refractivity contribution in [3.05, 3.63) is 148 Å². The fraction of sp³-hybridized carbons (Fsp3) is 0.449. The van der Waals surface area contributed by atoms with Crippen molar-refractivity contribution in [3.63, 3.8) is 0 Å². The van der Waals surface area contributed by atoms with Gasteiger partial charge in [-0.05, 0) is 98.9 Å². The van der Waals surface area contributed by atoms with Crippen molar-refractivity contribution in [2.45, 2.75) is 109 Å². The monoisotopic (exact) mass is 910 g/mol. The highest BCUT2D eigenvalue weighted by molar-refractivity contribution is 7.44. The van der Waals surface area contributed by atoms with E-state index < -0.39 is 47.0 Å². The second-order valence-electron chi connectivity index (χ2n) is 18.0. The van der Waals surface area contributed by atoms with Crippen LogP contribution < -0.4 is 9.47 Å². The van der Waals surface area contributed by atoms with Crippen molar-refractivity contribution in [2.75, 3.05) is 34.0 Å². The fourth-order valence-electron chi connectivity index (χ4n) is 8.00. The molecule has 2 unspecified atom stereocenters. The topological polar surface area (TPSA) is 120 Å². The van der Waals surface area contributed by atoms with Crippen molar-refractivity contribution >= 4 is 33.4 Å². The van der Waals surface area contributed by atoms with Gasteiger partial charge in [0.25, 0.3) is 14.2 Å². The first-order chi connectivity index (χ1) is 30.4. The number of nitro groups is 1. The first-order valence-corrected chi connectivity index (χ1v) is 25.8. The molecule has 0 aliphatic carbocycles. The summed E-state index contributed by atoms with van der Waals surface area (Å²) < 4.78 is 51.7. The summed E-state index contributed by atoms with van der Waals surface area (Å²) in [6.45, 7) is 27.4. The first kappa shape index (κ1) is 48.8. The third-order valence-electron chi connectivity index (χ3n) is 12.2.